The lowest BCUT2D eigenvalue weighted by Gasteiger charge is -2.30. The molecule has 0 spiro atoms. The first-order valence-electron chi connectivity index (χ1n) is 6.40. The van der Waals surface area contributed by atoms with Crippen LogP contribution in [-0.2, 0) is 14.8 Å². The van der Waals surface area contributed by atoms with Crippen LogP contribution in [0.2, 0.25) is 0 Å². The summed E-state index contributed by atoms with van der Waals surface area (Å²) >= 11 is 0. The number of benzene rings is 1. The molecule has 0 unspecified atom stereocenters. The van der Waals surface area contributed by atoms with Crippen molar-refractivity contribution in [1.82, 2.24) is 4.31 Å². The van der Waals surface area contributed by atoms with E-state index in [2.05, 4.69) is 4.74 Å². The third-order valence-electron chi connectivity index (χ3n) is 3.33. The molecule has 1 aromatic rings. The van der Waals surface area contributed by atoms with E-state index in [0.717, 1.165) is 12.8 Å². The van der Waals surface area contributed by atoms with Crippen LogP contribution in [0.5, 0.6) is 0 Å². The highest BCUT2D eigenvalue weighted by atomic mass is 35.5. The van der Waals surface area contributed by atoms with Gasteiger partial charge in [0.2, 0.25) is 10.0 Å². The molecule has 118 valence electrons. The van der Waals surface area contributed by atoms with Crippen molar-refractivity contribution in [3.63, 3.8) is 0 Å². The van der Waals surface area contributed by atoms with Gasteiger partial charge in [-0.2, -0.15) is 4.31 Å². The highest BCUT2D eigenvalue weighted by Gasteiger charge is 2.31. The molecule has 0 amide bonds. The summed E-state index contributed by atoms with van der Waals surface area (Å²) in [4.78, 5) is 11.7. The molecule has 6 nitrogen and oxygen atoms in total. The minimum atomic E-state index is -3.73. The summed E-state index contributed by atoms with van der Waals surface area (Å²) in [6.45, 7) is 0.698. The summed E-state index contributed by atoms with van der Waals surface area (Å²) in [5.41, 5.74) is 5.88. The molecule has 1 saturated heterocycles. The van der Waals surface area contributed by atoms with Crippen LogP contribution in [0.1, 0.15) is 23.2 Å². The molecule has 0 aromatic heterocycles. The molecule has 1 atom stereocenters. The van der Waals surface area contributed by atoms with E-state index in [1.165, 1.54) is 23.5 Å². The van der Waals surface area contributed by atoms with E-state index < -0.39 is 16.0 Å². The average molecular weight is 335 g/mol. The highest BCUT2D eigenvalue weighted by molar-refractivity contribution is 7.89. The summed E-state index contributed by atoms with van der Waals surface area (Å²) in [5, 5.41) is 0. The van der Waals surface area contributed by atoms with Crippen molar-refractivity contribution in [3.8, 4) is 0 Å². The van der Waals surface area contributed by atoms with Gasteiger partial charge in [0.15, 0.2) is 0 Å². The number of sulfonamides is 1. The second-order valence-electron chi connectivity index (χ2n) is 4.75. The summed E-state index contributed by atoms with van der Waals surface area (Å²) in [6.07, 6.45) is 1.53. The lowest BCUT2D eigenvalue weighted by Crippen LogP contribution is -2.45. The Labute approximate surface area is 130 Å². The summed E-state index contributed by atoms with van der Waals surface area (Å²) in [5.74, 6) is -0.662. The van der Waals surface area contributed by atoms with E-state index in [0.29, 0.717) is 6.54 Å². The third kappa shape index (κ3) is 3.74. The molecule has 1 aliphatic rings. The number of piperidine rings is 1. The SMILES string of the molecule is COC(=O)c1ccccc1S(=O)(=O)N1CCC[C@@H](N)C1.Cl. The molecule has 21 heavy (non-hydrogen) atoms. The predicted molar refractivity (Wildman–Crippen MR) is 81.0 cm³/mol. The standard InChI is InChI=1S/C13H18N2O4S.ClH/c1-19-13(16)11-6-2-3-7-12(11)20(17,18)15-8-4-5-10(14)9-15;/h2-3,6-7,10H,4-5,8-9,14H2,1H3;1H/t10-;/m1./s1. The molecule has 0 bridgehead atoms. The van der Waals surface area contributed by atoms with Crippen LogP contribution in [0, 0.1) is 0 Å². The van der Waals surface area contributed by atoms with Crippen LogP contribution >= 0.6 is 12.4 Å². The van der Waals surface area contributed by atoms with Gasteiger partial charge >= 0.3 is 5.97 Å². The molecule has 2 N–H and O–H groups in total. The quantitative estimate of drug-likeness (QED) is 0.833. The lowest BCUT2D eigenvalue weighted by molar-refractivity contribution is 0.0596. The van der Waals surface area contributed by atoms with Crippen molar-refractivity contribution in [3.05, 3.63) is 29.8 Å². The molecule has 8 heteroatoms. The van der Waals surface area contributed by atoms with Gasteiger partial charge < -0.3 is 10.5 Å². The minimum Gasteiger partial charge on any atom is -0.465 e. The number of carbonyl (C=O) groups excluding carboxylic acids is 1. The maximum atomic E-state index is 12.6. The molecule has 2 rings (SSSR count). The summed E-state index contributed by atoms with van der Waals surface area (Å²) in [6, 6.07) is 5.89. The van der Waals surface area contributed by atoms with Crippen molar-refractivity contribution in [2.75, 3.05) is 20.2 Å². The number of ether oxygens (including phenoxy) is 1. The number of hydrogen-bond acceptors (Lipinski definition) is 5. The van der Waals surface area contributed by atoms with Crippen molar-refractivity contribution in [1.29, 1.82) is 0 Å². The number of methoxy groups -OCH3 is 1. The Morgan fingerprint density at radius 2 is 2.05 bits per heavy atom. The summed E-state index contributed by atoms with van der Waals surface area (Å²) in [7, 11) is -2.50. The van der Waals surface area contributed by atoms with Crippen LogP contribution in [0.3, 0.4) is 0 Å². The van der Waals surface area contributed by atoms with Gasteiger partial charge in [-0.3, -0.25) is 0 Å². The molecule has 1 aliphatic heterocycles. The zero-order chi connectivity index (χ0) is 14.8. The molecular weight excluding hydrogens is 316 g/mol. The fraction of sp³-hybridized carbons (Fsp3) is 0.462. The fourth-order valence-electron chi connectivity index (χ4n) is 2.30. The maximum Gasteiger partial charge on any atom is 0.339 e. The molecule has 0 saturated carbocycles. The Bertz CT molecular complexity index is 606. The normalized spacial score (nSPS) is 19.6. The second kappa shape index (κ2) is 7.22. The Balaban J connectivity index is 0.00000220. The van der Waals surface area contributed by atoms with Gasteiger partial charge in [-0.05, 0) is 25.0 Å². The summed E-state index contributed by atoms with van der Waals surface area (Å²) < 4.78 is 31.2. The first-order chi connectivity index (χ1) is 9.46. The first-order valence-corrected chi connectivity index (χ1v) is 7.84. The minimum absolute atomic E-state index is 0. The van der Waals surface area contributed by atoms with E-state index in [1.54, 1.807) is 12.1 Å². The number of esters is 1. The fourth-order valence-corrected chi connectivity index (χ4v) is 4.02. The Hall–Kier alpha value is -1.15. The zero-order valence-electron chi connectivity index (χ0n) is 11.7. The van der Waals surface area contributed by atoms with Gasteiger partial charge in [-0.15, -0.1) is 12.4 Å². The lowest BCUT2D eigenvalue weighted by atomic mass is 10.1. The molecule has 1 heterocycles. The highest BCUT2D eigenvalue weighted by Crippen LogP contribution is 2.23. The molecule has 1 fully saturated rings. The van der Waals surface area contributed by atoms with Crippen molar-refractivity contribution < 1.29 is 17.9 Å². The zero-order valence-corrected chi connectivity index (χ0v) is 13.3. The van der Waals surface area contributed by atoms with Crippen LogP contribution < -0.4 is 5.73 Å². The van der Waals surface area contributed by atoms with E-state index in [4.69, 9.17) is 5.73 Å². The van der Waals surface area contributed by atoms with Crippen molar-refractivity contribution in [2.45, 2.75) is 23.8 Å². The smallest absolute Gasteiger partial charge is 0.339 e. The van der Waals surface area contributed by atoms with Crippen LogP contribution in [0.15, 0.2) is 29.2 Å². The maximum absolute atomic E-state index is 12.6. The Kier molecular flexibility index (Phi) is 6.15. The van der Waals surface area contributed by atoms with Gasteiger partial charge in [0, 0.05) is 19.1 Å². The van der Waals surface area contributed by atoms with Crippen LogP contribution in [0.25, 0.3) is 0 Å². The van der Waals surface area contributed by atoms with Gasteiger partial charge in [-0.1, -0.05) is 12.1 Å². The number of halogens is 1. The van der Waals surface area contributed by atoms with Crippen LogP contribution in [0.4, 0.5) is 0 Å². The monoisotopic (exact) mass is 334 g/mol. The number of nitrogens with two attached hydrogens (primary N) is 1. The number of nitrogens with zero attached hydrogens (tertiary/aromatic N) is 1. The van der Waals surface area contributed by atoms with Gasteiger partial charge in [0.25, 0.3) is 0 Å². The first kappa shape index (κ1) is 17.9. The number of carbonyl (C=O) groups is 1. The third-order valence-corrected chi connectivity index (χ3v) is 5.25. The molecule has 0 radical (unpaired) electrons. The largest absolute Gasteiger partial charge is 0.465 e. The molecule has 0 aliphatic carbocycles. The second-order valence-corrected chi connectivity index (χ2v) is 6.66. The van der Waals surface area contributed by atoms with Crippen LogP contribution in [-0.4, -0.2) is 44.9 Å². The topological polar surface area (TPSA) is 89.7 Å². The van der Waals surface area contributed by atoms with Gasteiger partial charge in [-0.25, -0.2) is 13.2 Å². The van der Waals surface area contributed by atoms with Crippen molar-refractivity contribution in [2.24, 2.45) is 5.73 Å². The van der Waals surface area contributed by atoms with E-state index in [-0.39, 0.29) is 35.5 Å². The Morgan fingerprint density at radius 1 is 1.38 bits per heavy atom. The molecule has 1 aromatic carbocycles. The Morgan fingerprint density at radius 3 is 2.67 bits per heavy atom. The number of rotatable bonds is 3. The van der Waals surface area contributed by atoms with Crippen molar-refractivity contribution >= 4 is 28.4 Å². The average Bonchev–Trinajstić information content (AvgIpc) is 2.46. The van der Waals surface area contributed by atoms with Gasteiger partial charge in [0.1, 0.15) is 0 Å². The van der Waals surface area contributed by atoms with E-state index in [9.17, 15) is 13.2 Å². The van der Waals surface area contributed by atoms with E-state index in [1.807, 2.05) is 0 Å². The van der Waals surface area contributed by atoms with Gasteiger partial charge in [0.05, 0.1) is 17.6 Å². The molecular formula is C13H19ClN2O4S. The number of hydrogen-bond donors (Lipinski definition) is 1. The van der Waals surface area contributed by atoms with E-state index >= 15 is 0 Å². The predicted octanol–water partition coefficient (Wildman–Crippen LogP) is 1.01.